The molecule has 0 spiro atoms. The molecule has 1 aliphatic heterocycles. The highest BCUT2D eigenvalue weighted by Gasteiger charge is 2.42. The molecule has 0 radical (unpaired) electrons. The third kappa shape index (κ3) is 29.7. The summed E-state index contributed by atoms with van der Waals surface area (Å²) in [6, 6.07) is 18.6. The third-order valence-corrected chi connectivity index (χ3v) is 22.8. The number of phenolic OH excluding ortho intramolecular Hbond substituents is 2. The Labute approximate surface area is 745 Å². The normalized spacial score (nSPS) is 22.0. The lowest BCUT2D eigenvalue weighted by Crippen LogP contribution is -2.61. The van der Waals surface area contributed by atoms with Crippen LogP contribution in [0.15, 0.2) is 152 Å². The summed E-state index contributed by atoms with van der Waals surface area (Å²) in [4.78, 5) is 250. The molecule has 15 amide bonds. The van der Waals surface area contributed by atoms with E-state index < -0.39 is 199 Å². The summed E-state index contributed by atoms with van der Waals surface area (Å²) in [5.74, 6) is -17.6. The second-order valence-corrected chi connectivity index (χ2v) is 33.7. The molecular formula is C90H116N18O19S. The Hall–Kier alpha value is -13.7. The van der Waals surface area contributed by atoms with E-state index in [-0.39, 0.29) is 74.5 Å². The molecule has 686 valence electrons. The highest BCUT2D eigenvalue weighted by molar-refractivity contribution is 8.00. The summed E-state index contributed by atoms with van der Waals surface area (Å²) >= 11 is 0.827. The zero-order chi connectivity index (χ0) is 93.6. The number of nitrogens with two attached hydrogens (primary N) is 1. The molecule has 0 bridgehead atoms. The minimum Gasteiger partial charge on any atom is -0.508 e. The fourth-order valence-corrected chi connectivity index (χ4v) is 15.6. The van der Waals surface area contributed by atoms with Crippen molar-refractivity contribution < 1.29 is 92.0 Å². The molecule has 37 nitrogen and oxygen atoms in total. The highest BCUT2D eigenvalue weighted by atomic mass is 32.2. The number of amides is 15. The van der Waals surface area contributed by atoms with Crippen molar-refractivity contribution in [3.05, 3.63) is 186 Å². The Morgan fingerprint density at radius 1 is 0.500 bits per heavy atom. The van der Waals surface area contributed by atoms with Gasteiger partial charge < -0.3 is 103 Å². The average molecular weight is 1790 g/mol. The number of phenols is 2. The van der Waals surface area contributed by atoms with E-state index in [0.29, 0.717) is 57.3 Å². The number of carboxylic acid groups (broad SMARTS) is 1. The van der Waals surface area contributed by atoms with Crippen LogP contribution in [0.5, 0.6) is 11.5 Å². The Bertz CT molecular complexity index is 5020. The maximum Gasteiger partial charge on any atom is 0.305 e. The van der Waals surface area contributed by atoms with Crippen LogP contribution in [-0.4, -0.2) is 282 Å². The minimum atomic E-state index is -1.91. The standard InChI is InChI=1S/C90H116N18O19S/c1-11-12-27-71-88(125)105(7)48-76(113)97-67(43-78(115)116)84(121)103-79(53(4)5)90(127)107(9)72(42-59-45-92-51-95-59)85(122)101-68(39-57-30-34-61(110)35-31-57)86(123)104(6)47-75(112)96-66(41-58-44-93-63-26-20-19-25-62(58)63)83(120)100-65(37-56-28-32-60(109)33-29-56)82(119)99-64(36-52(2)3)81(118)102-70(80(117)94-46-74(91)111)49-128-50-77(114)98-69(38-54-21-15-13-16-22-54)87(124)108(10)73(89(126)106(71)8)40-55-23-17-14-18-24-55/h13-26,28-35,44-45,51-53,64-73,79,93,109-110H,11-12,27,36-43,46-50H2,1-10H3,(H2,91,111)(H,92,95)(H,94,117)(H,96,112)(H,97,113)(H,98,114)(H,99,119)(H,100,120)(H,101,122)(H,102,118)(H,103,121)(H,115,116)/t64-,65-,66-,67?,68-,69-,70-,71-,72-,73-,79-/m0/s1. The number of carbonyl (C=O) groups excluding carboxylic acids is 15. The molecule has 0 aliphatic carbocycles. The molecule has 11 atom stereocenters. The van der Waals surface area contributed by atoms with Gasteiger partial charge in [-0.2, -0.15) is 0 Å². The SMILES string of the molecule is CCCC[C@H]1C(=O)N(C)CC(=O)NC(CC(=O)O)C(=O)N[C@@H](C(C)C)C(=O)N(C)[C@@H](Cc2cnc[nH]2)C(=O)N[C@@H](Cc2ccc(O)cc2)C(=O)N(C)CC(=O)N[C@@H](Cc2c[nH]c3ccccc23)C(=O)N[C@@H](Cc2ccc(O)cc2)C(=O)N[C@@H](CC(C)C)C(=O)N[C@H](C(=O)NCC(N)=O)CSCC(=O)N[C@@H](Cc2ccccc2)C(=O)N(C)[C@@H](Cc2ccccc2)C(=O)N1C. The van der Waals surface area contributed by atoms with Crippen molar-refractivity contribution in [2.75, 3.05) is 66.4 Å². The minimum absolute atomic E-state index is 0.0265. The predicted molar refractivity (Wildman–Crippen MR) is 474 cm³/mol. The van der Waals surface area contributed by atoms with Crippen LogP contribution in [-0.2, 0) is 115 Å². The molecule has 128 heavy (non-hydrogen) atoms. The lowest BCUT2D eigenvalue weighted by atomic mass is 9.99. The molecule has 1 unspecified atom stereocenters. The van der Waals surface area contributed by atoms with Crippen LogP contribution >= 0.6 is 11.8 Å². The Balaban J connectivity index is 1.21. The number of para-hydroxylation sites is 1. The first kappa shape index (κ1) is 99.7. The van der Waals surface area contributed by atoms with Gasteiger partial charge in [-0.25, -0.2) is 4.98 Å². The topological polar surface area (TPSA) is 529 Å². The van der Waals surface area contributed by atoms with Gasteiger partial charge in [0.1, 0.15) is 78.0 Å². The fraction of sp³-hybridized carbons (Fsp3) is 0.433. The number of hydrogen-bond donors (Lipinski definition) is 15. The van der Waals surface area contributed by atoms with Crippen molar-refractivity contribution in [3.63, 3.8) is 0 Å². The van der Waals surface area contributed by atoms with Gasteiger partial charge in [-0.1, -0.05) is 151 Å². The van der Waals surface area contributed by atoms with E-state index in [4.69, 9.17) is 5.73 Å². The van der Waals surface area contributed by atoms with Crippen LogP contribution in [0.3, 0.4) is 0 Å². The van der Waals surface area contributed by atoms with Gasteiger partial charge in [-0.3, -0.25) is 76.7 Å². The lowest BCUT2D eigenvalue weighted by Gasteiger charge is -2.37. The zero-order valence-corrected chi connectivity index (χ0v) is 74.1. The van der Waals surface area contributed by atoms with Crippen molar-refractivity contribution in [1.82, 2.24) is 87.3 Å². The van der Waals surface area contributed by atoms with Crippen LogP contribution in [0, 0.1) is 11.8 Å². The number of nitrogens with one attached hydrogen (secondary N) is 11. The van der Waals surface area contributed by atoms with Gasteiger partial charge in [0.2, 0.25) is 88.6 Å². The molecule has 7 aromatic rings. The van der Waals surface area contributed by atoms with E-state index in [1.807, 2.05) is 6.92 Å². The maximum atomic E-state index is 15.5. The summed E-state index contributed by atoms with van der Waals surface area (Å²) in [6.07, 6.45) is 2.63. The van der Waals surface area contributed by atoms with E-state index in [0.717, 1.165) is 26.5 Å². The largest absolute Gasteiger partial charge is 0.508 e. The number of thioether (sulfide) groups is 1. The number of unbranched alkanes of at least 4 members (excludes halogenated alkanes) is 1. The number of hydrogen-bond acceptors (Lipinski definition) is 20. The van der Waals surface area contributed by atoms with Crippen LogP contribution in [0.2, 0.25) is 0 Å². The number of fused-ring (bicyclic) bond motifs is 1. The van der Waals surface area contributed by atoms with E-state index in [9.17, 15) is 58.5 Å². The van der Waals surface area contributed by atoms with Crippen LogP contribution in [0.4, 0.5) is 0 Å². The molecular weight excluding hydrogens is 1670 g/mol. The van der Waals surface area contributed by atoms with Gasteiger partial charge >= 0.3 is 5.97 Å². The third-order valence-electron chi connectivity index (χ3n) is 21.8. The molecule has 16 N–H and O–H groups in total. The number of aromatic amines is 2. The summed E-state index contributed by atoms with van der Waals surface area (Å²) in [5.41, 5.74) is 8.86. The smallest absolute Gasteiger partial charge is 0.305 e. The molecule has 1 saturated heterocycles. The first-order valence-corrected chi connectivity index (χ1v) is 43.2. The van der Waals surface area contributed by atoms with Crippen LogP contribution in [0.1, 0.15) is 100 Å². The first-order valence-electron chi connectivity index (χ1n) is 42.1. The highest BCUT2D eigenvalue weighted by Crippen LogP contribution is 2.24. The molecule has 1 fully saturated rings. The summed E-state index contributed by atoms with van der Waals surface area (Å²) in [7, 11) is 6.48. The van der Waals surface area contributed by atoms with Gasteiger partial charge in [0.15, 0.2) is 0 Å². The van der Waals surface area contributed by atoms with E-state index in [1.165, 1.54) is 106 Å². The van der Waals surface area contributed by atoms with Crippen molar-refractivity contribution in [1.29, 1.82) is 0 Å². The van der Waals surface area contributed by atoms with Crippen molar-refractivity contribution in [3.8, 4) is 11.5 Å². The predicted octanol–water partition coefficient (Wildman–Crippen LogP) is 1.05. The van der Waals surface area contributed by atoms with E-state index >= 15 is 33.6 Å². The van der Waals surface area contributed by atoms with Crippen molar-refractivity contribution in [2.24, 2.45) is 17.6 Å². The van der Waals surface area contributed by atoms with Gasteiger partial charge in [0, 0.05) is 109 Å². The second kappa shape index (κ2) is 48.1. The number of carbonyl (C=O) groups is 16. The van der Waals surface area contributed by atoms with Crippen molar-refractivity contribution in [2.45, 2.75) is 172 Å². The molecule has 3 heterocycles. The van der Waals surface area contributed by atoms with Gasteiger partial charge in [-0.15, -0.1) is 11.8 Å². The first-order chi connectivity index (χ1) is 60.9. The molecule has 1 aliphatic rings. The van der Waals surface area contributed by atoms with E-state index in [2.05, 4.69) is 62.8 Å². The number of benzene rings is 5. The molecule has 8 rings (SSSR count). The monoisotopic (exact) mass is 1780 g/mol. The average Bonchev–Trinajstić information content (AvgIpc) is 1.19. The Kier molecular flexibility index (Phi) is 37.5. The number of likely N-dealkylation sites (N-methyl/N-ethyl adjacent to an activating group) is 5. The molecule has 2 aromatic heterocycles. The summed E-state index contributed by atoms with van der Waals surface area (Å²) < 4.78 is 0. The number of carboxylic acids is 1. The maximum absolute atomic E-state index is 15.5. The number of H-pyrrole nitrogens is 2. The number of nitrogens with zero attached hydrogens (tertiary/aromatic N) is 6. The summed E-state index contributed by atoms with van der Waals surface area (Å²) in [6.45, 7) is 6.11. The number of aromatic hydroxyl groups is 2. The van der Waals surface area contributed by atoms with Gasteiger partial charge in [0.05, 0.1) is 38.1 Å². The summed E-state index contributed by atoms with van der Waals surface area (Å²) in [5, 5.41) is 55.4. The van der Waals surface area contributed by atoms with Crippen LogP contribution < -0.4 is 53.6 Å². The van der Waals surface area contributed by atoms with Crippen molar-refractivity contribution >= 4 is 117 Å². The number of imidazole rings is 1. The quantitative estimate of drug-likeness (QED) is 0.0426. The van der Waals surface area contributed by atoms with Gasteiger partial charge in [0.25, 0.3) is 0 Å². The molecule has 0 saturated carbocycles. The number of primary amides is 1. The second-order valence-electron chi connectivity index (χ2n) is 32.7. The fourth-order valence-electron chi connectivity index (χ4n) is 14.7. The molecule has 38 heteroatoms. The van der Waals surface area contributed by atoms with E-state index in [1.54, 1.807) is 119 Å². The van der Waals surface area contributed by atoms with Crippen LogP contribution in [0.25, 0.3) is 10.9 Å². The van der Waals surface area contributed by atoms with Gasteiger partial charge in [-0.05, 0) is 82.8 Å². The molecule has 5 aromatic carbocycles. The number of aliphatic carboxylic acids is 1. The number of aromatic nitrogens is 3. The zero-order valence-electron chi connectivity index (χ0n) is 73.3. The Morgan fingerprint density at radius 2 is 0.992 bits per heavy atom. The lowest BCUT2D eigenvalue weighted by molar-refractivity contribution is -0.151. The number of rotatable bonds is 23. The Morgan fingerprint density at radius 3 is 1.55 bits per heavy atom.